The number of aliphatic imine (C=N–C) groups is 1. The van der Waals surface area contributed by atoms with Gasteiger partial charge in [-0.15, -0.1) is 6.58 Å². The van der Waals surface area contributed by atoms with Gasteiger partial charge in [0.2, 0.25) is 0 Å². The van der Waals surface area contributed by atoms with E-state index < -0.39 is 0 Å². The van der Waals surface area contributed by atoms with E-state index in [-0.39, 0.29) is 0 Å². The molecule has 0 saturated carbocycles. The van der Waals surface area contributed by atoms with Crippen LogP contribution >= 0.6 is 0 Å². The van der Waals surface area contributed by atoms with Gasteiger partial charge in [0.05, 0.1) is 6.54 Å². The lowest BCUT2D eigenvalue weighted by Gasteiger charge is -2.22. The molecule has 0 fully saturated rings. The first-order valence-electron chi connectivity index (χ1n) is 5.52. The van der Waals surface area contributed by atoms with Crippen molar-refractivity contribution in [3.63, 3.8) is 0 Å². The Labute approximate surface area is 86.9 Å². The van der Waals surface area contributed by atoms with Crippen LogP contribution in [0.2, 0.25) is 0 Å². The summed E-state index contributed by atoms with van der Waals surface area (Å²) in [5.41, 5.74) is 0. The van der Waals surface area contributed by atoms with E-state index in [1.54, 1.807) is 0 Å². The zero-order chi connectivity index (χ0) is 10.2. The molecular formula is C11H21N3. The first-order chi connectivity index (χ1) is 6.88. The maximum atomic E-state index is 4.42. The Morgan fingerprint density at radius 3 is 3.00 bits per heavy atom. The average Bonchev–Trinajstić information content (AvgIpc) is 2.70. The second kappa shape index (κ2) is 6.46. The fourth-order valence-corrected chi connectivity index (χ4v) is 1.59. The lowest BCUT2D eigenvalue weighted by atomic mass is 10.2. The molecule has 0 aromatic rings. The number of nitrogens with zero attached hydrogens (tertiary/aromatic N) is 2. The molecule has 3 heteroatoms. The Morgan fingerprint density at radius 1 is 1.57 bits per heavy atom. The maximum absolute atomic E-state index is 4.42. The van der Waals surface area contributed by atoms with Crippen LogP contribution in [-0.4, -0.2) is 37.0 Å². The maximum Gasteiger partial charge on any atom is 0.194 e. The van der Waals surface area contributed by atoms with E-state index in [0.29, 0.717) is 0 Å². The van der Waals surface area contributed by atoms with E-state index in [9.17, 15) is 0 Å². The monoisotopic (exact) mass is 195 g/mol. The third-order valence-corrected chi connectivity index (χ3v) is 2.34. The lowest BCUT2D eigenvalue weighted by molar-refractivity contribution is 0.430. The number of nitrogens with one attached hydrogen (secondary N) is 1. The van der Waals surface area contributed by atoms with E-state index in [2.05, 4.69) is 28.7 Å². The molecule has 0 unspecified atom stereocenters. The average molecular weight is 195 g/mol. The van der Waals surface area contributed by atoms with E-state index >= 15 is 0 Å². The van der Waals surface area contributed by atoms with Crippen molar-refractivity contribution in [2.24, 2.45) is 4.99 Å². The summed E-state index contributed by atoms with van der Waals surface area (Å²) in [6.07, 6.45) is 5.74. The number of hydrogen-bond donors (Lipinski definition) is 1. The van der Waals surface area contributed by atoms with Crippen LogP contribution in [0.25, 0.3) is 0 Å². The van der Waals surface area contributed by atoms with Gasteiger partial charge < -0.3 is 10.2 Å². The Balaban J connectivity index is 2.33. The molecule has 3 nitrogen and oxygen atoms in total. The molecule has 80 valence electrons. The summed E-state index contributed by atoms with van der Waals surface area (Å²) in [5, 5.41) is 3.30. The standard InChI is InChI=1S/C11H21N3/c1-3-5-6-10-14(9-4-2)11-12-7-8-13-11/h4H,2-3,5-10H2,1H3,(H,12,13). The van der Waals surface area contributed by atoms with Gasteiger partial charge in [0.1, 0.15) is 0 Å². The molecule has 1 heterocycles. The molecule has 1 rings (SSSR count). The van der Waals surface area contributed by atoms with Crippen molar-refractivity contribution in [1.82, 2.24) is 10.2 Å². The van der Waals surface area contributed by atoms with Crippen LogP contribution < -0.4 is 5.32 Å². The summed E-state index contributed by atoms with van der Waals surface area (Å²) in [7, 11) is 0. The van der Waals surface area contributed by atoms with Gasteiger partial charge >= 0.3 is 0 Å². The predicted octanol–water partition coefficient (Wildman–Crippen LogP) is 1.62. The van der Waals surface area contributed by atoms with Crippen LogP contribution in [0.5, 0.6) is 0 Å². The van der Waals surface area contributed by atoms with Gasteiger partial charge in [0, 0.05) is 19.6 Å². The van der Waals surface area contributed by atoms with Crippen LogP contribution in [0.1, 0.15) is 26.2 Å². The van der Waals surface area contributed by atoms with Gasteiger partial charge in [0.25, 0.3) is 0 Å². The summed E-state index contributed by atoms with van der Waals surface area (Å²) in [5.74, 6) is 1.06. The molecule has 0 radical (unpaired) electrons. The Hall–Kier alpha value is -0.990. The third kappa shape index (κ3) is 3.40. The molecule has 1 aliphatic heterocycles. The molecular weight excluding hydrogens is 174 g/mol. The largest absolute Gasteiger partial charge is 0.354 e. The highest BCUT2D eigenvalue weighted by Gasteiger charge is 2.12. The summed E-state index contributed by atoms with van der Waals surface area (Å²) >= 11 is 0. The van der Waals surface area contributed by atoms with Crippen LogP contribution in [0, 0.1) is 0 Å². The SMILES string of the molecule is C=CCN(CCCCC)C1=NCCN1. The molecule has 0 spiro atoms. The minimum absolute atomic E-state index is 0.898. The summed E-state index contributed by atoms with van der Waals surface area (Å²) in [6.45, 7) is 9.88. The molecule has 0 saturated heterocycles. The summed E-state index contributed by atoms with van der Waals surface area (Å²) < 4.78 is 0. The van der Waals surface area contributed by atoms with E-state index in [0.717, 1.165) is 32.1 Å². The quantitative estimate of drug-likeness (QED) is 0.515. The summed E-state index contributed by atoms with van der Waals surface area (Å²) in [4.78, 5) is 6.69. The van der Waals surface area contributed by atoms with Crippen molar-refractivity contribution in [2.75, 3.05) is 26.2 Å². The van der Waals surface area contributed by atoms with E-state index in [4.69, 9.17) is 0 Å². The second-order valence-electron chi connectivity index (χ2n) is 3.57. The van der Waals surface area contributed by atoms with Crippen LogP contribution in [0.4, 0.5) is 0 Å². The van der Waals surface area contributed by atoms with Crippen molar-refractivity contribution in [3.05, 3.63) is 12.7 Å². The first-order valence-corrected chi connectivity index (χ1v) is 5.52. The zero-order valence-corrected chi connectivity index (χ0v) is 9.13. The Morgan fingerprint density at radius 2 is 2.43 bits per heavy atom. The number of guanidine groups is 1. The molecule has 1 N–H and O–H groups in total. The fourth-order valence-electron chi connectivity index (χ4n) is 1.59. The second-order valence-corrected chi connectivity index (χ2v) is 3.57. The predicted molar refractivity (Wildman–Crippen MR) is 61.6 cm³/mol. The van der Waals surface area contributed by atoms with Crippen LogP contribution in [0.15, 0.2) is 17.6 Å². The van der Waals surface area contributed by atoms with Gasteiger partial charge in [-0.25, -0.2) is 0 Å². The van der Waals surface area contributed by atoms with Crippen molar-refractivity contribution in [2.45, 2.75) is 26.2 Å². The highest BCUT2D eigenvalue weighted by Crippen LogP contribution is 2.01. The first kappa shape index (κ1) is 11.1. The molecule has 0 bridgehead atoms. The number of unbranched alkanes of at least 4 members (excludes halogenated alkanes) is 2. The minimum Gasteiger partial charge on any atom is -0.354 e. The fraction of sp³-hybridized carbons (Fsp3) is 0.727. The molecule has 0 amide bonds. The molecule has 0 atom stereocenters. The highest BCUT2D eigenvalue weighted by atomic mass is 15.3. The van der Waals surface area contributed by atoms with Gasteiger partial charge in [-0.05, 0) is 6.42 Å². The molecule has 0 aliphatic carbocycles. The third-order valence-electron chi connectivity index (χ3n) is 2.34. The van der Waals surface area contributed by atoms with E-state index in [1.165, 1.54) is 19.3 Å². The van der Waals surface area contributed by atoms with Crippen molar-refractivity contribution < 1.29 is 0 Å². The molecule has 0 aromatic heterocycles. The van der Waals surface area contributed by atoms with Gasteiger partial charge in [-0.1, -0.05) is 25.8 Å². The van der Waals surface area contributed by atoms with Gasteiger partial charge in [-0.3, -0.25) is 4.99 Å². The highest BCUT2D eigenvalue weighted by molar-refractivity contribution is 5.81. The minimum atomic E-state index is 0.898. The smallest absolute Gasteiger partial charge is 0.194 e. The zero-order valence-electron chi connectivity index (χ0n) is 9.13. The van der Waals surface area contributed by atoms with E-state index in [1.807, 2.05) is 6.08 Å². The van der Waals surface area contributed by atoms with Crippen molar-refractivity contribution in [3.8, 4) is 0 Å². The molecule has 1 aliphatic rings. The van der Waals surface area contributed by atoms with Gasteiger partial charge in [0.15, 0.2) is 5.96 Å². The molecule has 14 heavy (non-hydrogen) atoms. The number of rotatable bonds is 6. The normalized spacial score (nSPS) is 14.8. The summed E-state index contributed by atoms with van der Waals surface area (Å²) in [6, 6.07) is 0. The molecule has 0 aromatic carbocycles. The number of hydrogen-bond acceptors (Lipinski definition) is 3. The Bertz CT molecular complexity index is 199. The lowest BCUT2D eigenvalue weighted by Crippen LogP contribution is -2.39. The van der Waals surface area contributed by atoms with Crippen LogP contribution in [-0.2, 0) is 0 Å². The Kier molecular flexibility index (Phi) is 5.12. The van der Waals surface area contributed by atoms with Crippen molar-refractivity contribution >= 4 is 5.96 Å². The van der Waals surface area contributed by atoms with Crippen LogP contribution in [0.3, 0.4) is 0 Å². The topological polar surface area (TPSA) is 27.6 Å². The van der Waals surface area contributed by atoms with Crippen molar-refractivity contribution in [1.29, 1.82) is 0 Å². The van der Waals surface area contributed by atoms with Gasteiger partial charge in [-0.2, -0.15) is 0 Å².